The van der Waals surface area contributed by atoms with Gasteiger partial charge in [0.1, 0.15) is 0 Å². The summed E-state index contributed by atoms with van der Waals surface area (Å²) in [5.41, 5.74) is 1.05. The summed E-state index contributed by atoms with van der Waals surface area (Å²) in [7, 11) is 0. The normalized spacial score (nSPS) is 10.2. The van der Waals surface area contributed by atoms with Gasteiger partial charge in [-0.1, -0.05) is 30.3 Å². The lowest BCUT2D eigenvalue weighted by Crippen LogP contribution is -2.06. The van der Waals surface area contributed by atoms with Crippen molar-refractivity contribution >= 4 is 5.97 Å². The van der Waals surface area contributed by atoms with E-state index in [-0.39, 0.29) is 5.82 Å². The van der Waals surface area contributed by atoms with Gasteiger partial charge in [0.05, 0.1) is 13.0 Å². The van der Waals surface area contributed by atoms with Crippen molar-refractivity contribution in [2.75, 3.05) is 6.61 Å². The third-order valence-electron chi connectivity index (χ3n) is 2.12. The van der Waals surface area contributed by atoms with Crippen molar-refractivity contribution in [2.45, 2.75) is 13.3 Å². The molecule has 0 spiro atoms. The van der Waals surface area contributed by atoms with Gasteiger partial charge in [0.25, 0.3) is 5.82 Å². The number of hydrogen-bond donors (Lipinski definition) is 0. The molecule has 1 aromatic carbocycles. The van der Waals surface area contributed by atoms with E-state index in [0.29, 0.717) is 18.9 Å². The molecule has 0 aliphatic carbocycles. The van der Waals surface area contributed by atoms with Crippen LogP contribution in [0.2, 0.25) is 0 Å². The first-order valence-corrected chi connectivity index (χ1v) is 5.33. The number of aromatic nitrogens is 2. The third-order valence-corrected chi connectivity index (χ3v) is 2.12. The van der Waals surface area contributed by atoms with Crippen LogP contribution in [0.4, 0.5) is 0 Å². The molecule has 1 heterocycles. The highest BCUT2D eigenvalue weighted by Gasteiger charge is 2.15. The minimum absolute atomic E-state index is 0.0298. The molecule has 0 N–H and O–H groups in total. The van der Waals surface area contributed by atoms with Gasteiger partial charge in [-0.15, -0.1) is 0 Å². The number of esters is 1. The molecule has 1 aromatic heterocycles. The molecule has 0 amide bonds. The first-order chi connectivity index (χ1) is 8.29. The molecule has 0 unspecified atom stereocenters. The predicted molar refractivity (Wildman–Crippen MR) is 59.5 cm³/mol. The fourth-order valence-electron chi connectivity index (χ4n) is 1.38. The number of carbonyl (C=O) groups is 1. The van der Waals surface area contributed by atoms with E-state index in [1.165, 1.54) is 0 Å². The lowest BCUT2D eigenvalue weighted by Gasteiger charge is -1.94. The average molecular weight is 232 g/mol. The van der Waals surface area contributed by atoms with Crippen LogP contribution >= 0.6 is 0 Å². The summed E-state index contributed by atoms with van der Waals surface area (Å²) < 4.78 is 9.74. The second-order valence-electron chi connectivity index (χ2n) is 3.39. The van der Waals surface area contributed by atoms with E-state index < -0.39 is 5.97 Å². The smallest absolute Gasteiger partial charge is 0.379 e. The van der Waals surface area contributed by atoms with Crippen LogP contribution in [0.15, 0.2) is 34.9 Å². The van der Waals surface area contributed by atoms with Gasteiger partial charge in [-0.3, -0.25) is 0 Å². The second-order valence-corrected chi connectivity index (χ2v) is 3.39. The van der Waals surface area contributed by atoms with Crippen LogP contribution in [-0.4, -0.2) is 22.7 Å². The highest BCUT2D eigenvalue weighted by atomic mass is 16.5. The Hall–Kier alpha value is -2.17. The Balaban J connectivity index is 2.06. The molecule has 0 aliphatic heterocycles. The zero-order chi connectivity index (χ0) is 12.1. The molecule has 5 heteroatoms. The van der Waals surface area contributed by atoms with Crippen LogP contribution in [-0.2, 0) is 11.2 Å². The largest absolute Gasteiger partial charge is 0.460 e. The van der Waals surface area contributed by atoms with Crippen molar-refractivity contribution < 1.29 is 14.1 Å². The Bertz CT molecular complexity index is 493. The van der Waals surface area contributed by atoms with Gasteiger partial charge in [-0.2, -0.15) is 4.98 Å². The molecule has 2 aromatic rings. The van der Waals surface area contributed by atoms with Crippen LogP contribution in [0.5, 0.6) is 0 Å². The molecular formula is C12H12N2O3. The van der Waals surface area contributed by atoms with Crippen LogP contribution in [0.1, 0.15) is 29.0 Å². The van der Waals surface area contributed by atoms with Crippen molar-refractivity contribution in [3.05, 3.63) is 47.6 Å². The summed E-state index contributed by atoms with van der Waals surface area (Å²) in [6, 6.07) is 9.69. The van der Waals surface area contributed by atoms with Crippen LogP contribution < -0.4 is 0 Å². The Morgan fingerprint density at radius 1 is 1.35 bits per heavy atom. The fourth-order valence-corrected chi connectivity index (χ4v) is 1.38. The molecule has 0 saturated carbocycles. The first kappa shape index (κ1) is 11.3. The van der Waals surface area contributed by atoms with Crippen LogP contribution in [0.3, 0.4) is 0 Å². The van der Waals surface area contributed by atoms with Gasteiger partial charge in [-0.25, -0.2) is 4.79 Å². The van der Waals surface area contributed by atoms with Crippen molar-refractivity contribution in [3.63, 3.8) is 0 Å². The van der Waals surface area contributed by atoms with E-state index in [1.807, 2.05) is 30.3 Å². The number of rotatable bonds is 4. The zero-order valence-electron chi connectivity index (χ0n) is 9.42. The van der Waals surface area contributed by atoms with Crippen LogP contribution in [0, 0.1) is 0 Å². The SMILES string of the molecule is CCOC(=O)c1noc(Cc2ccccc2)n1. The van der Waals surface area contributed by atoms with Crippen molar-refractivity contribution in [1.82, 2.24) is 10.1 Å². The summed E-state index contributed by atoms with van der Waals surface area (Å²) in [5.74, 6) is -0.187. The fraction of sp³-hybridized carbons (Fsp3) is 0.250. The Labute approximate surface area is 98.4 Å². The molecular weight excluding hydrogens is 220 g/mol. The summed E-state index contributed by atoms with van der Waals surface area (Å²) >= 11 is 0. The van der Waals surface area contributed by atoms with Crippen molar-refractivity contribution in [3.8, 4) is 0 Å². The maximum absolute atomic E-state index is 11.3. The maximum Gasteiger partial charge on any atom is 0.379 e. The molecule has 0 saturated heterocycles. The average Bonchev–Trinajstić information content (AvgIpc) is 2.79. The number of hydrogen-bond acceptors (Lipinski definition) is 5. The van der Waals surface area contributed by atoms with Gasteiger partial charge in [0, 0.05) is 0 Å². The molecule has 0 atom stereocenters. The van der Waals surface area contributed by atoms with Gasteiger partial charge >= 0.3 is 5.97 Å². The number of benzene rings is 1. The second kappa shape index (κ2) is 5.25. The number of carbonyl (C=O) groups excluding carboxylic acids is 1. The summed E-state index contributed by atoms with van der Waals surface area (Å²) in [6.07, 6.45) is 0.507. The molecule has 0 bridgehead atoms. The third kappa shape index (κ3) is 2.90. The zero-order valence-corrected chi connectivity index (χ0v) is 9.42. The molecule has 17 heavy (non-hydrogen) atoms. The highest BCUT2D eigenvalue weighted by Crippen LogP contribution is 2.07. The molecule has 2 rings (SSSR count). The quantitative estimate of drug-likeness (QED) is 0.752. The molecule has 0 radical (unpaired) electrons. The monoisotopic (exact) mass is 232 g/mol. The van der Waals surface area contributed by atoms with Gasteiger partial charge in [0.2, 0.25) is 5.89 Å². The first-order valence-electron chi connectivity index (χ1n) is 5.33. The standard InChI is InChI=1S/C12H12N2O3/c1-2-16-12(15)11-13-10(17-14-11)8-9-6-4-3-5-7-9/h3-7H,2,8H2,1H3. The van der Waals surface area contributed by atoms with E-state index in [0.717, 1.165) is 5.56 Å². The summed E-state index contributed by atoms with van der Waals surface area (Å²) in [6.45, 7) is 2.02. The van der Waals surface area contributed by atoms with Gasteiger partial charge < -0.3 is 9.26 Å². The van der Waals surface area contributed by atoms with E-state index >= 15 is 0 Å². The minimum Gasteiger partial charge on any atom is -0.460 e. The lowest BCUT2D eigenvalue weighted by molar-refractivity contribution is 0.0508. The van der Waals surface area contributed by atoms with Gasteiger partial charge in [0.15, 0.2) is 0 Å². The van der Waals surface area contributed by atoms with E-state index in [1.54, 1.807) is 6.92 Å². The van der Waals surface area contributed by atoms with E-state index in [2.05, 4.69) is 10.1 Å². The summed E-state index contributed by atoms with van der Waals surface area (Å²) in [4.78, 5) is 15.3. The predicted octanol–water partition coefficient (Wildman–Crippen LogP) is 1.84. The Kier molecular flexibility index (Phi) is 3.49. The van der Waals surface area contributed by atoms with E-state index in [9.17, 15) is 4.79 Å². The Morgan fingerprint density at radius 2 is 2.12 bits per heavy atom. The lowest BCUT2D eigenvalue weighted by atomic mass is 10.1. The highest BCUT2D eigenvalue weighted by molar-refractivity contribution is 5.84. The molecule has 5 nitrogen and oxygen atoms in total. The van der Waals surface area contributed by atoms with E-state index in [4.69, 9.17) is 9.26 Å². The molecule has 0 fully saturated rings. The maximum atomic E-state index is 11.3. The number of nitrogens with zero attached hydrogens (tertiary/aromatic N) is 2. The number of ether oxygens (including phenoxy) is 1. The van der Waals surface area contributed by atoms with Crippen LogP contribution in [0.25, 0.3) is 0 Å². The molecule has 0 aliphatic rings. The van der Waals surface area contributed by atoms with Gasteiger partial charge in [-0.05, 0) is 17.6 Å². The minimum atomic E-state index is -0.560. The van der Waals surface area contributed by atoms with Crippen molar-refractivity contribution in [1.29, 1.82) is 0 Å². The molecule has 88 valence electrons. The topological polar surface area (TPSA) is 65.2 Å². The van der Waals surface area contributed by atoms with Crippen molar-refractivity contribution in [2.24, 2.45) is 0 Å². The summed E-state index contributed by atoms with van der Waals surface area (Å²) in [5, 5.41) is 3.57. The Morgan fingerprint density at radius 3 is 2.82 bits per heavy atom.